The van der Waals surface area contributed by atoms with Crippen LogP contribution in [0.4, 0.5) is 22.0 Å². The molecule has 0 aromatic heterocycles. The van der Waals surface area contributed by atoms with Crippen LogP contribution in [-0.4, -0.2) is 48.5 Å². The fraction of sp³-hybridized carbons (Fsp3) is 0.867. The van der Waals surface area contributed by atoms with Crippen molar-refractivity contribution in [3.63, 3.8) is 0 Å². The van der Waals surface area contributed by atoms with Gasteiger partial charge in [0.15, 0.2) is 0 Å². The van der Waals surface area contributed by atoms with E-state index in [2.05, 4.69) is 4.74 Å². The number of hydrogen-bond donors (Lipinski definition) is 1. The predicted molar refractivity (Wildman–Crippen MR) is 83.7 cm³/mol. The van der Waals surface area contributed by atoms with E-state index in [0.29, 0.717) is 0 Å². The summed E-state index contributed by atoms with van der Waals surface area (Å²) in [5, 5.41) is -5.76. The number of carbonyl (C=O) groups excluding carboxylic acids is 2. The highest BCUT2D eigenvalue weighted by atomic mass is 32.2. The standard InChI is InChI=1S/C15H21F5O7S/c1-13(2,3)12(22)26-9-6-4-8(5-7-9)10(21)27-11(14(16,17)18)15(19,20)28(23,24)25/h8-9,11H,4-7H2,1-3H3,(H,23,24,25). The minimum absolute atomic E-state index is 0.0902. The molecule has 0 amide bonds. The quantitative estimate of drug-likeness (QED) is 0.398. The van der Waals surface area contributed by atoms with Crippen LogP contribution < -0.4 is 0 Å². The highest BCUT2D eigenvalue weighted by Gasteiger charge is 2.66. The Bertz CT molecular complexity index is 689. The molecule has 0 heterocycles. The molecule has 1 saturated carbocycles. The summed E-state index contributed by atoms with van der Waals surface area (Å²) in [5.74, 6) is -3.40. The molecule has 0 bridgehead atoms. The minimum atomic E-state index is -6.49. The summed E-state index contributed by atoms with van der Waals surface area (Å²) in [7, 11) is -6.49. The molecule has 0 saturated heterocycles. The van der Waals surface area contributed by atoms with E-state index >= 15 is 0 Å². The van der Waals surface area contributed by atoms with Crippen molar-refractivity contribution >= 4 is 22.1 Å². The molecule has 13 heteroatoms. The summed E-state index contributed by atoms with van der Waals surface area (Å²) >= 11 is 0. The molecule has 164 valence electrons. The molecule has 0 radical (unpaired) electrons. The topological polar surface area (TPSA) is 107 Å². The van der Waals surface area contributed by atoms with Gasteiger partial charge in [0, 0.05) is 0 Å². The molecule has 0 spiro atoms. The van der Waals surface area contributed by atoms with Gasteiger partial charge in [-0.15, -0.1) is 0 Å². The van der Waals surface area contributed by atoms with Gasteiger partial charge in [0.2, 0.25) is 0 Å². The maximum Gasteiger partial charge on any atom is 0.432 e. The summed E-state index contributed by atoms with van der Waals surface area (Å²) in [6.45, 7) is 4.85. The van der Waals surface area contributed by atoms with Gasteiger partial charge in [-0.25, -0.2) is 0 Å². The van der Waals surface area contributed by atoms with Crippen molar-refractivity contribution in [1.82, 2.24) is 0 Å². The number of esters is 2. The van der Waals surface area contributed by atoms with E-state index in [1.807, 2.05) is 0 Å². The second kappa shape index (κ2) is 8.09. The Hall–Kier alpha value is -1.50. The molecule has 0 aromatic carbocycles. The Labute approximate surface area is 158 Å². The Kier molecular flexibility index (Phi) is 7.09. The van der Waals surface area contributed by atoms with Gasteiger partial charge in [-0.3, -0.25) is 14.1 Å². The highest BCUT2D eigenvalue weighted by molar-refractivity contribution is 7.86. The molecule has 1 unspecified atom stereocenters. The third-order valence-corrected chi connectivity index (χ3v) is 4.98. The lowest BCUT2D eigenvalue weighted by molar-refractivity contribution is -0.261. The molecule has 1 aliphatic carbocycles. The molecular weight excluding hydrogens is 419 g/mol. The first-order valence-electron chi connectivity index (χ1n) is 8.20. The zero-order valence-corrected chi connectivity index (χ0v) is 16.1. The van der Waals surface area contributed by atoms with Crippen molar-refractivity contribution in [3.8, 4) is 0 Å². The average molecular weight is 440 g/mol. The number of hydrogen-bond acceptors (Lipinski definition) is 6. The Balaban J connectivity index is 2.78. The van der Waals surface area contributed by atoms with E-state index in [9.17, 15) is 40.0 Å². The fourth-order valence-corrected chi connectivity index (χ4v) is 2.87. The van der Waals surface area contributed by atoms with Gasteiger partial charge in [0.1, 0.15) is 6.10 Å². The SMILES string of the molecule is CC(C)(C)C(=O)OC1CCC(C(=O)OC(C(F)(F)F)C(F)(F)S(=O)(=O)O)CC1. The Morgan fingerprint density at radius 3 is 1.82 bits per heavy atom. The molecule has 1 aliphatic rings. The zero-order chi connectivity index (χ0) is 22.1. The van der Waals surface area contributed by atoms with Crippen LogP contribution in [0.3, 0.4) is 0 Å². The van der Waals surface area contributed by atoms with Crippen LogP contribution in [0, 0.1) is 11.3 Å². The number of carbonyl (C=O) groups is 2. The number of halogens is 5. The lowest BCUT2D eigenvalue weighted by Gasteiger charge is -2.31. The van der Waals surface area contributed by atoms with Crippen molar-refractivity contribution in [2.45, 2.75) is 70.1 Å². The van der Waals surface area contributed by atoms with Crippen LogP contribution in [0.25, 0.3) is 0 Å². The fourth-order valence-electron chi connectivity index (χ4n) is 2.42. The molecule has 1 atom stereocenters. The third kappa shape index (κ3) is 6.00. The Morgan fingerprint density at radius 1 is 1.00 bits per heavy atom. The van der Waals surface area contributed by atoms with E-state index in [0.717, 1.165) is 0 Å². The second-order valence-corrected chi connectivity index (χ2v) is 9.02. The van der Waals surface area contributed by atoms with Crippen molar-refractivity contribution in [1.29, 1.82) is 0 Å². The lowest BCUT2D eigenvalue weighted by Crippen LogP contribution is -2.52. The zero-order valence-electron chi connectivity index (χ0n) is 15.3. The van der Waals surface area contributed by atoms with E-state index in [1.165, 1.54) is 0 Å². The summed E-state index contributed by atoms with van der Waals surface area (Å²) in [6, 6.07) is 0. The van der Waals surface area contributed by atoms with Crippen molar-refractivity contribution in [2.24, 2.45) is 11.3 Å². The third-order valence-electron chi connectivity index (χ3n) is 4.07. The number of ether oxygens (including phenoxy) is 2. The largest absolute Gasteiger partial charge is 0.462 e. The summed E-state index contributed by atoms with van der Waals surface area (Å²) < 4.78 is 104. The van der Waals surface area contributed by atoms with E-state index in [-0.39, 0.29) is 25.7 Å². The number of rotatable bonds is 5. The molecule has 0 aliphatic heterocycles. The first kappa shape index (κ1) is 24.5. The van der Waals surface area contributed by atoms with E-state index in [4.69, 9.17) is 9.29 Å². The summed E-state index contributed by atoms with van der Waals surface area (Å²) in [4.78, 5) is 23.7. The maximum atomic E-state index is 13.4. The van der Waals surface area contributed by atoms with Gasteiger partial charge >= 0.3 is 33.5 Å². The summed E-state index contributed by atoms with van der Waals surface area (Å²) in [6.07, 6.45) is -10.9. The van der Waals surface area contributed by atoms with Crippen LogP contribution in [0.5, 0.6) is 0 Å². The first-order valence-corrected chi connectivity index (χ1v) is 9.64. The number of alkyl halides is 5. The average Bonchev–Trinajstić information content (AvgIpc) is 2.49. The van der Waals surface area contributed by atoms with Crippen LogP contribution in [0.2, 0.25) is 0 Å². The molecule has 7 nitrogen and oxygen atoms in total. The maximum absolute atomic E-state index is 13.4. The van der Waals surface area contributed by atoms with Crippen LogP contribution >= 0.6 is 0 Å². The molecule has 1 N–H and O–H groups in total. The van der Waals surface area contributed by atoms with Gasteiger partial charge in [-0.2, -0.15) is 30.4 Å². The van der Waals surface area contributed by atoms with Gasteiger partial charge in [0.05, 0.1) is 11.3 Å². The summed E-state index contributed by atoms with van der Waals surface area (Å²) in [5.41, 5.74) is -0.781. The first-order chi connectivity index (χ1) is 12.4. The van der Waals surface area contributed by atoms with Gasteiger partial charge < -0.3 is 9.47 Å². The van der Waals surface area contributed by atoms with E-state index in [1.54, 1.807) is 20.8 Å². The highest BCUT2D eigenvalue weighted by Crippen LogP contribution is 2.39. The van der Waals surface area contributed by atoms with Crippen LogP contribution in [-0.2, 0) is 29.2 Å². The second-order valence-electron chi connectivity index (χ2n) is 7.52. The van der Waals surface area contributed by atoms with E-state index < -0.39 is 57.0 Å². The normalized spacial score (nSPS) is 23.0. The monoisotopic (exact) mass is 440 g/mol. The molecule has 28 heavy (non-hydrogen) atoms. The van der Waals surface area contributed by atoms with Crippen LogP contribution in [0.1, 0.15) is 46.5 Å². The molecular formula is C15H21F5O7S. The molecule has 1 rings (SSSR count). The molecule has 1 fully saturated rings. The van der Waals surface area contributed by atoms with Gasteiger partial charge in [0.25, 0.3) is 6.10 Å². The van der Waals surface area contributed by atoms with Gasteiger partial charge in [-0.05, 0) is 46.5 Å². The minimum Gasteiger partial charge on any atom is -0.462 e. The van der Waals surface area contributed by atoms with Crippen molar-refractivity contribution < 1.29 is 54.0 Å². The van der Waals surface area contributed by atoms with Crippen LogP contribution in [0.15, 0.2) is 0 Å². The van der Waals surface area contributed by atoms with Gasteiger partial charge in [-0.1, -0.05) is 0 Å². The Morgan fingerprint density at radius 2 is 1.46 bits per heavy atom. The van der Waals surface area contributed by atoms with Crippen molar-refractivity contribution in [2.75, 3.05) is 0 Å². The lowest BCUT2D eigenvalue weighted by atomic mass is 9.87. The smallest absolute Gasteiger partial charge is 0.432 e. The molecule has 0 aromatic rings. The predicted octanol–water partition coefficient (Wildman–Crippen LogP) is 3.09. The van der Waals surface area contributed by atoms with Crippen molar-refractivity contribution in [3.05, 3.63) is 0 Å².